The first-order valence-electron chi connectivity index (χ1n) is 10.2. The molecule has 1 saturated carbocycles. The fourth-order valence-electron chi connectivity index (χ4n) is 2.85. The van der Waals surface area contributed by atoms with E-state index < -0.39 is 0 Å². The third kappa shape index (κ3) is 10.0. The van der Waals surface area contributed by atoms with Crippen LogP contribution in [0.1, 0.15) is 44.6 Å². The van der Waals surface area contributed by atoms with Crippen LogP contribution in [0.15, 0.2) is 23.2 Å². The number of ether oxygens (including phenoxy) is 2. The molecule has 7 nitrogen and oxygen atoms in total. The molecule has 0 atom stereocenters. The van der Waals surface area contributed by atoms with E-state index in [1.165, 1.54) is 5.56 Å². The summed E-state index contributed by atoms with van der Waals surface area (Å²) in [5, 5.41) is 9.57. The summed E-state index contributed by atoms with van der Waals surface area (Å²) < 4.78 is 11.0. The molecule has 1 aliphatic carbocycles. The van der Waals surface area contributed by atoms with Crippen molar-refractivity contribution in [1.82, 2.24) is 16.0 Å². The van der Waals surface area contributed by atoms with Crippen molar-refractivity contribution >= 4 is 35.8 Å². The van der Waals surface area contributed by atoms with Crippen LogP contribution in [-0.2, 0) is 11.2 Å². The lowest BCUT2D eigenvalue weighted by atomic mass is 10.1. The van der Waals surface area contributed by atoms with Gasteiger partial charge in [0.05, 0.1) is 13.7 Å². The first-order chi connectivity index (χ1) is 13.7. The van der Waals surface area contributed by atoms with Gasteiger partial charge in [0, 0.05) is 32.6 Å². The highest BCUT2D eigenvalue weighted by atomic mass is 127. The number of guanidine groups is 1. The zero-order chi connectivity index (χ0) is 20.2. The third-order valence-corrected chi connectivity index (χ3v) is 4.50. The van der Waals surface area contributed by atoms with Gasteiger partial charge in [0.25, 0.3) is 0 Å². The number of hydrogen-bond donors (Lipinski definition) is 3. The summed E-state index contributed by atoms with van der Waals surface area (Å²) in [6, 6.07) is 6.50. The van der Waals surface area contributed by atoms with E-state index in [4.69, 9.17) is 9.47 Å². The molecular weight excluding hydrogens is 483 g/mol. The minimum atomic E-state index is 0. The summed E-state index contributed by atoms with van der Waals surface area (Å²) in [5.74, 6) is 2.48. The van der Waals surface area contributed by atoms with Gasteiger partial charge in [-0.3, -0.25) is 9.79 Å². The average molecular weight is 518 g/mol. The molecule has 0 unspecified atom stereocenters. The fraction of sp³-hybridized carbons (Fsp3) is 0.619. The van der Waals surface area contributed by atoms with Crippen LogP contribution in [0.25, 0.3) is 0 Å². The number of hydrogen-bond acceptors (Lipinski definition) is 4. The molecule has 1 aromatic carbocycles. The van der Waals surface area contributed by atoms with Gasteiger partial charge in [-0.25, -0.2) is 0 Å². The highest BCUT2D eigenvalue weighted by Gasteiger charge is 2.22. The molecule has 1 aliphatic rings. The van der Waals surface area contributed by atoms with Crippen LogP contribution in [0, 0.1) is 0 Å². The molecule has 2 rings (SSSR count). The van der Waals surface area contributed by atoms with Crippen molar-refractivity contribution in [3.8, 4) is 11.5 Å². The summed E-state index contributed by atoms with van der Waals surface area (Å²) in [7, 11) is 3.41. The molecule has 0 aromatic heterocycles. The largest absolute Gasteiger partial charge is 0.493 e. The van der Waals surface area contributed by atoms with Crippen molar-refractivity contribution in [3.63, 3.8) is 0 Å². The molecule has 0 spiro atoms. The number of aryl methyl sites for hydroxylation is 1. The predicted molar refractivity (Wildman–Crippen MR) is 128 cm³/mol. The Morgan fingerprint density at radius 2 is 1.90 bits per heavy atom. The Hall–Kier alpha value is -1.71. The molecule has 0 bridgehead atoms. The molecule has 3 N–H and O–H groups in total. The van der Waals surface area contributed by atoms with Crippen LogP contribution in [0.3, 0.4) is 0 Å². The number of carbonyl (C=O) groups excluding carboxylic acids is 1. The minimum Gasteiger partial charge on any atom is -0.493 e. The maximum Gasteiger partial charge on any atom is 0.220 e. The van der Waals surface area contributed by atoms with Crippen LogP contribution in [0.4, 0.5) is 0 Å². The molecule has 0 saturated heterocycles. The second kappa shape index (κ2) is 14.3. The first-order valence-corrected chi connectivity index (χ1v) is 10.2. The summed E-state index contributed by atoms with van der Waals surface area (Å²) in [6.45, 7) is 4.13. The molecule has 29 heavy (non-hydrogen) atoms. The van der Waals surface area contributed by atoms with E-state index in [1.54, 1.807) is 14.2 Å². The van der Waals surface area contributed by atoms with Crippen LogP contribution in [0.2, 0.25) is 0 Å². The first kappa shape index (κ1) is 25.3. The van der Waals surface area contributed by atoms with Crippen molar-refractivity contribution < 1.29 is 14.3 Å². The summed E-state index contributed by atoms with van der Waals surface area (Å²) in [4.78, 5) is 15.9. The van der Waals surface area contributed by atoms with E-state index in [1.807, 2.05) is 19.1 Å². The molecule has 0 radical (unpaired) electrons. The van der Waals surface area contributed by atoms with Gasteiger partial charge in [-0.15, -0.1) is 24.0 Å². The van der Waals surface area contributed by atoms with Gasteiger partial charge in [-0.05, 0) is 56.7 Å². The number of amides is 1. The summed E-state index contributed by atoms with van der Waals surface area (Å²) in [5.41, 5.74) is 1.22. The lowest BCUT2D eigenvalue weighted by Crippen LogP contribution is -2.38. The van der Waals surface area contributed by atoms with Crippen molar-refractivity contribution in [1.29, 1.82) is 0 Å². The van der Waals surface area contributed by atoms with Crippen LogP contribution in [-0.4, -0.2) is 51.8 Å². The Labute approximate surface area is 191 Å². The molecule has 1 aromatic rings. The van der Waals surface area contributed by atoms with Crippen LogP contribution >= 0.6 is 24.0 Å². The van der Waals surface area contributed by atoms with E-state index in [0.29, 0.717) is 19.1 Å². The maximum absolute atomic E-state index is 11.7. The van der Waals surface area contributed by atoms with Crippen LogP contribution in [0.5, 0.6) is 11.5 Å². The lowest BCUT2D eigenvalue weighted by molar-refractivity contribution is -0.121. The number of nitrogens with one attached hydrogen (secondary N) is 3. The average Bonchev–Trinajstić information content (AvgIpc) is 3.51. The molecule has 0 aliphatic heterocycles. The predicted octanol–water partition coefficient (Wildman–Crippen LogP) is 2.87. The normalized spacial score (nSPS) is 13.3. The Bertz CT molecular complexity index is 651. The Kier molecular flexibility index (Phi) is 12.5. The number of nitrogens with zero attached hydrogens (tertiary/aromatic N) is 1. The van der Waals surface area contributed by atoms with E-state index in [2.05, 4.69) is 27.0 Å². The van der Waals surface area contributed by atoms with Gasteiger partial charge < -0.3 is 25.4 Å². The lowest BCUT2D eigenvalue weighted by Gasteiger charge is -2.13. The van der Waals surface area contributed by atoms with Gasteiger partial charge in [-0.1, -0.05) is 6.07 Å². The van der Waals surface area contributed by atoms with Crippen molar-refractivity contribution in [2.75, 3.05) is 33.9 Å². The molecular formula is C21H35IN4O3. The number of aliphatic imine (C=N–C) groups is 1. The second-order valence-electron chi connectivity index (χ2n) is 6.89. The number of benzene rings is 1. The molecule has 1 amide bonds. The fourth-order valence-corrected chi connectivity index (χ4v) is 2.85. The van der Waals surface area contributed by atoms with E-state index >= 15 is 0 Å². The highest BCUT2D eigenvalue weighted by molar-refractivity contribution is 14.0. The quantitative estimate of drug-likeness (QED) is 0.172. The zero-order valence-corrected chi connectivity index (χ0v) is 20.1. The Morgan fingerprint density at radius 3 is 2.52 bits per heavy atom. The smallest absolute Gasteiger partial charge is 0.220 e. The molecule has 164 valence electrons. The van der Waals surface area contributed by atoms with Gasteiger partial charge in [0.2, 0.25) is 5.91 Å². The second-order valence-corrected chi connectivity index (χ2v) is 6.89. The van der Waals surface area contributed by atoms with Crippen molar-refractivity contribution in [2.24, 2.45) is 4.99 Å². The van der Waals surface area contributed by atoms with E-state index in [0.717, 1.165) is 62.7 Å². The number of rotatable bonds is 12. The maximum atomic E-state index is 11.7. The molecule has 0 heterocycles. The summed E-state index contributed by atoms with van der Waals surface area (Å²) in [6.07, 6.45) is 5.53. The number of halogens is 1. The SMILES string of the molecule is CCOc1cc(CCCNC(=NC)NCCCC(=O)NC2CC2)ccc1OC.I. The van der Waals surface area contributed by atoms with Crippen molar-refractivity contribution in [3.05, 3.63) is 23.8 Å². The standard InChI is InChI=1S/C21H34N4O3.HI/c1-4-28-19-15-16(9-12-18(19)27-3)7-5-13-23-21(22-2)24-14-6-8-20(26)25-17-10-11-17;/h9,12,15,17H,4-8,10-11,13-14H2,1-3H3,(H,25,26)(H2,22,23,24);1H. The topological polar surface area (TPSA) is 84.0 Å². The zero-order valence-electron chi connectivity index (χ0n) is 17.8. The number of carbonyl (C=O) groups is 1. The molecule has 1 fully saturated rings. The van der Waals surface area contributed by atoms with E-state index in [-0.39, 0.29) is 29.9 Å². The molecule has 8 heteroatoms. The van der Waals surface area contributed by atoms with Gasteiger partial charge in [-0.2, -0.15) is 0 Å². The minimum absolute atomic E-state index is 0. The number of methoxy groups -OCH3 is 1. The highest BCUT2D eigenvalue weighted by Crippen LogP contribution is 2.28. The monoisotopic (exact) mass is 518 g/mol. The van der Waals surface area contributed by atoms with E-state index in [9.17, 15) is 4.79 Å². The van der Waals surface area contributed by atoms with Crippen molar-refractivity contribution in [2.45, 2.75) is 51.5 Å². The van der Waals surface area contributed by atoms with Crippen LogP contribution < -0.4 is 25.4 Å². The van der Waals surface area contributed by atoms with Gasteiger partial charge >= 0.3 is 0 Å². The third-order valence-electron chi connectivity index (χ3n) is 4.50. The Morgan fingerprint density at radius 1 is 1.17 bits per heavy atom. The van der Waals surface area contributed by atoms with Gasteiger partial charge in [0.15, 0.2) is 17.5 Å². The Balaban J connectivity index is 0.00000420. The van der Waals surface area contributed by atoms with Gasteiger partial charge in [0.1, 0.15) is 0 Å². The summed E-state index contributed by atoms with van der Waals surface area (Å²) >= 11 is 0.